The van der Waals surface area contributed by atoms with Crippen molar-refractivity contribution in [3.05, 3.63) is 26.7 Å². The van der Waals surface area contributed by atoms with Crippen LogP contribution in [-0.2, 0) is 21.3 Å². The maximum atomic E-state index is 12.3. The molecule has 1 aliphatic heterocycles. The van der Waals surface area contributed by atoms with Crippen LogP contribution in [0.25, 0.3) is 0 Å². The Bertz CT molecular complexity index is 610. The summed E-state index contributed by atoms with van der Waals surface area (Å²) in [5, 5.41) is 3.00. The summed E-state index contributed by atoms with van der Waals surface area (Å²) in [4.78, 5) is 10.1. The number of aromatic nitrogens is 2. The van der Waals surface area contributed by atoms with E-state index in [9.17, 15) is 4.21 Å². The molecule has 4 nitrogen and oxygen atoms in total. The summed E-state index contributed by atoms with van der Waals surface area (Å²) in [7, 11) is -1.10. The van der Waals surface area contributed by atoms with Gasteiger partial charge >= 0.3 is 0 Å². The molecule has 1 aliphatic rings. The largest absolute Gasteiger partial charge is 0.371 e. The zero-order chi connectivity index (χ0) is 14.1. The number of hydrogen-bond donors (Lipinski definition) is 0. The highest BCUT2D eigenvalue weighted by Gasteiger charge is 2.21. The van der Waals surface area contributed by atoms with Gasteiger partial charge in [-0.25, -0.2) is 9.97 Å². The fourth-order valence-corrected chi connectivity index (χ4v) is 5.39. The van der Waals surface area contributed by atoms with E-state index in [1.165, 1.54) is 11.3 Å². The van der Waals surface area contributed by atoms with Crippen molar-refractivity contribution < 1.29 is 8.95 Å². The number of aryl methyl sites for hydroxylation is 2. The molecular formula is C13H16N2O2S3. The summed E-state index contributed by atoms with van der Waals surface area (Å²) in [6.45, 7) is 4.78. The highest BCUT2D eigenvalue weighted by Crippen LogP contribution is 2.31. The molecule has 0 N–H and O–H groups in total. The lowest BCUT2D eigenvalue weighted by molar-refractivity contribution is 0.111. The summed E-state index contributed by atoms with van der Waals surface area (Å²) in [5.74, 6) is 0.440. The maximum Gasteiger partial charge on any atom is 0.181 e. The molecule has 1 saturated heterocycles. The van der Waals surface area contributed by atoms with Crippen LogP contribution in [0.3, 0.4) is 0 Å². The summed E-state index contributed by atoms with van der Waals surface area (Å²) in [6.07, 6.45) is 2.29. The normalized spacial score (nSPS) is 20.4. The van der Waals surface area contributed by atoms with Gasteiger partial charge in [0, 0.05) is 16.9 Å². The number of hydrogen-bond acceptors (Lipinski definition) is 6. The molecule has 0 aliphatic carbocycles. The molecule has 2 aromatic heterocycles. The van der Waals surface area contributed by atoms with Gasteiger partial charge in [-0.15, -0.1) is 22.7 Å². The first-order valence-electron chi connectivity index (χ1n) is 6.52. The van der Waals surface area contributed by atoms with E-state index in [1.807, 2.05) is 19.2 Å². The van der Waals surface area contributed by atoms with E-state index < -0.39 is 10.8 Å². The topological polar surface area (TPSA) is 52.1 Å². The molecule has 0 unspecified atom stereocenters. The Kier molecular flexibility index (Phi) is 4.30. The summed E-state index contributed by atoms with van der Waals surface area (Å²) in [6, 6.07) is 0. The Morgan fingerprint density at radius 2 is 2.30 bits per heavy atom. The molecule has 0 radical (unpaired) electrons. The molecule has 0 bridgehead atoms. The van der Waals surface area contributed by atoms with Crippen LogP contribution in [0.4, 0.5) is 0 Å². The third-order valence-corrected chi connectivity index (χ3v) is 6.96. The van der Waals surface area contributed by atoms with E-state index in [0.29, 0.717) is 10.1 Å². The summed E-state index contributed by atoms with van der Waals surface area (Å²) >= 11 is 3.12. The standard InChI is InChI=1S/C13H16N2O2S3/c1-8-9(2)19-13(14-8)20(16)7-10-6-18-12(15-10)11-4-3-5-17-11/h6,11H,3-5,7H2,1-2H3/t11-,20+/m1/s1. The molecule has 7 heteroatoms. The van der Waals surface area contributed by atoms with E-state index in [2.05, 4.69) is 9.97 Å². The lowest BCUT2D eigenvalue weighted by Gasteiger charge is -2.03. The molecule has 0 aromatic carbocycles. The molecule has 3 rings (SSSR count). The predicted octanol–water partition coefficient (Wildman–Crippen LogP) is 3.38. The lowest BCUT2D eigenvalue weighted by atomic mass is 10.2. The summed E-state index contributed by atoms with van der Waals surface area (Å²) < 4.78 is 18.6. The van der Waals surface area contributed by atoms with Crippen molar-refractivity contribution >= 4 is 33.5 Å². The van der Waals surface area contributed by atoms with Gasteiger partial charge in [0.05, 0.1) is 27.9 Å². The van der Waals surface area contributed by atoms with Gasteiger partial charge in [0.15, 0.2) is 4.34 Å². The highest BCUT2D eigenvalue weighted by molar-refractivity contribution is 7.86. The SMILES string of the molecule is Cc1nc([S@@](=O)Cc2csc([C@H]3CCCO3)n2)sc1C. The first-order chi connectivity index (χ1) is 9.63. The number of rotatable bonds is 4. The molecule has 2 atom stereocenters. The molecule has 3 heterocycles. The minimum Gasteiger partial charge on any atom is -0.371 e. The average Bonchev–Trinajstić information content (AvgIpc) is 3.11. The van der Waals surface area contributed by atoms with Gasteiger partial charge in [-0.2, -0.15) is 0 Å². The number of ether oxygens (including phenoxy) is 1. The maximum absolute atomic E-state index is 12.3. The molecule has 2 aromatic rings. The molecule has 0 saturated carbocycles. The van der Waals surface area contributed by atoms with E-state index in [1.54, 1.807) is 11.3 Å². The van der Waals surface area contributed by atoms with Gasteiger partial charge in [-0.05, 0) is 26.7 Å². The molecule has 20 heavy (non-hydrogen) atoms. The van der Waals surface area contributed by atoms with E-state index in [4.69, 9.17) is 4.74 Å². The zero-order valence-electron chi connectivity index (χ0n) is 11.4. The Hall–Kier alpha value is -0.630. The van der Waals surface area contributed by atoms with Crippen LogP contribution >= 0.6 is 22.7 Å². The van der Waals surface area contributed by atoms with Crippen LogP contribution < -0.4 is 0 Å². The zero-order valence-corrected chi connectivity index (χ0v) is 13.9. The molecule has 108 valence electrons. The van der Waals surface area contributed by atoms with Crippen molar-refractivity contribution in [2.45, 2.75) is 42.9 Å². The van der Waals surface area contributed by atoms with E-state index >= 15 is 0 Å². The van der Waals surface area contributed by atoms with Gasteiger partial charge in [-0.3, -0.25) is 4.21 Å². The minimum absolute atomic E-state index is 0.145. The first kappa shape index (κ1) is 14.3. The Labute approximate surface area is 128 Å². The highest BCUT2D eigenvalue weighted by atomic mass is 32.2. The van der Waals surface area contributed by atoms with Gasteiger partial charge in [0.25, 0.3) is 0 Å². The van der Waals surface area contributed by atoms with Crippen molar-refractivity contribution in [2.24, 2.45) is 0 Å². The summed E-state index contributed by atoms with van der Waals surface area (Å²) in [5.41, 5.74) is 1.85. The molecular weight excluding hydrogens is 312 g/mol. The molecule has 1 fully saturated rings. The van der Waals surface area contributed by atoms with Crippen molar-refractivity contribution in [3.8, 4) is 0 Å². The third kappa shape index (κ3) is 3.00. The second-order valence-electron chi connectivity index (χ2n) is 4.79. The monoisotopic (exact) mass is 328 g/mol. The predicted molar refractivity (Wildman–Crippen MR) is 81.7 cm³/mol. The van der Waals surface area contributed by atoms with Crippen LogP contribution in [0.5, 0.6) is 0 Å². The number of thiazole rings is 2. The Morgan fingerprint density at radius 1 is 1.45 bits per heavy atom. The smallest absolute Gasteiger partial charge is 0.181 e. The van der Waals surface area contributed by atoms with Crippen LogP contribution in [0, 0.1) is 13.8 Å². The van der Waals surface area contributed by atoms with Crippen LogP contribution in [-0.4, -0.2) is 20.8 Å². The second-order valence-corrected chi connectivity index (χ2v) is 8.51. The molecule has 0 spiro atoms. The number of nitrogens with zero attached hydrogens (tertiary/aromatic N) is 2. The van der Waals surface area contributed by atoms with Gasteiger partial charge in [0.2, 0.25) is 0 Å². The van der Waals surface area contributed by atoms with Gasteiger partial charge in [-0.1, -0.05) is 0 Å². The quantitative estimate of drug-likeness (QED) is 0.863. The second kappa shape index (κ2) is 6.01. The minimum atomic E-state index is -1.10. The van der Waals surface area contributed by atoms with Crippen molar-refractivity contribution in [1.82, 2.24) is 9.97 Å². The average molecular weight is 328 g/mol. The van der Waals surface area contributed by atoms with Gasteiger partial charge < -0.3 is 4.74 Å². The van der Waals surface area contributed by atoms with Crippen molar-refractivity contribution in [1.29, 1.82) is 0 Å². The first-order valence-corrected chi connectivity index (χ1v) is 9.53. The van der Waals surface area contributed by atoms with Crippen molar-refractivity contribution in [3.63, 3.8) is 0 Å². The third-order valence-electron chi connectivity index (χ3n) is 3.26. The van der Waals surface area contributed by atoms with Crippen LogP contribution in [0.1, 0.15) is 40.2 Å². The van der Waals surface area contributed by atoms with Crippen LogP contribution in [0.15, 0.2) is 9.72 Å². The fourth-order valence-electron chi connectivity index (χ4n) is 2.05. The van der Waals surface area contributed by atoms with Crippen LogP contribution in [0.2, 0.25) is 0 Å². The lowest BCUT2D eigenvalue weighted by Crippen LogP contribution is -1.99. The molecule has 0 amide bonds. The fraction of sp³-hybridized carbons (Fsp3) is 0.538. The van der Waals surface area contributed by atoms with Gasteiger partial charge in [0.1, 0.15) is 11.1 Å². The Morgan fingerprint density at radius 3 is 2.95 bits per heavy atom. The Balaban J connectivity index is 1.69. The van der Waals surface area contributed by atoms with Crippen molar-refractivity contribution in [2.75, 3.05) is 6.61 Å². The van der Waals surface area contributed by atoms with E-state index in [0.717, 1.165) is 40.7 Å². The van der Waals surface area contributed by atoms with E-state index in [-0.39, 0.29) is 6.10 Å².